The van der Waals surface area contributed by atoms with E-state index in [2.05, 4.69) is 36.6 Å². The van der Waals surface area contributed by atoms with E-state index in [9.17, 15) is 10.1 Å². The minimum atomic E-state index is -0.559. The minimum absolute atomic E-state index is 0.0726. The maximum absolute atomic E-state index is 11.0. The van der Waals surface area contributed by atoms with Crippen molar-refractivity contribution < 1.29 is 4.92 Å². The van der Waals surface area contributed by atoms with Crippen molar-refractivity contribution in [2.24, 2.45) is 5.84 Å². The number of halogens is 1. The van der Waals surface area contributed by atoms with E-state index < -0.39 is 4.92 Å². The summed E-state index contributed by atoms with van der Waals surface area (Å²) in [5.74, 6) is 5.37. The van der Waals surface area contributed by atoms with Gasteiger partial charge < -0.3 is 5.32 Å². The Morgan fingerprint density at radius 1 is 1.45 bits per heavy atom. The fourth-order valence-corrected chi connectivity index (χ4v) is 2.04. The highest BCUT2D eigenvalue weighted by Gasteiger charge is 2.17. The number of nitrogens with one attached hydrogen (secondary N) is 2. The first-order valence-corrected chi connectivity index (χ1v) is 6.32. The number of hydrazine groups is 1. The van der Waals surface area contributed by atoms with Gasteiger partial charge in [-0.3, -0.25) is 15.5 Å². The number of benzene rings is 1. The first-order valence-electron chi connectivity index (χ1n) is 5.52. The summed E-state index contributed by atoms with van der Waals surface area (Å²) in [7, 11) is 0. The third kappa shape index (κ3) is 3.00. The molecule has 0 fully saturated rings. The second kappa shape index (κ2) is 5.80. The zero-order chi connectivity index (χ0) is 14.7. The molecule has 104 valence electrons. The number of anilines is 3. The Kier molecular flexibility index (Phi) is 4.11. The van der Waals surface area contributed by atoms with Crippen molar-refractivity contribution in [1.29, 1.82) is 0 Å². The quantitative estimate of drug-likeness (QED) is 0.445. The van der Waals surface area contributed by atoms with Gasteiger partial charge in [0, 0.05) is 10.2 Å². The van der Waals surface area contributed by atoms with Gasteiger partial charge in [0.25, 0.3) is 0 Å². The summed E-state index contributed by atoms with van der Waals surface area (Å²) in [6.07, 6.45) is 1.10. The van der Waals surface area contributed by atoms with Gasteiger partial charge in [0.05, 0.1) is 4.92 Å². The highest BCUT2D eigenvalue weighted by molar-refractivity contribution is 9.10. The predicted octanol–water partition coefficient (Wildman–Crippen LogP) is 2.48. The average Bonchev–Trinajstić information content (AvgIpc) is 2.41. The second-order valence-electron chi connectivity index (χ2n) is 3.91. The normalized spacial score (nSPS) is 10.2. The average molecular weight is 339 g/mol. The summed E-state index contributed by atoms with van der Waals surface area (Å²) >= 11 is 3.35. The SMILES string of the molecule is Cc1cc(Br)ccc1Nc1nc(NN)ncc1[N+](=O)[O-]. The highest BCUT2D eigenvalue weighted by atomic mass is 79.9. The molecule has 20 heavy (non-hydrogen) atoms. The summed E-state index contributed by atoms with van der Waals surface area (Å²) in [6.45, 7) is 1.88. The number of hydrogen-bond acceptors (Lipinski definition) is 7. The number of aryl methyl sites for hydroxylation is 1. The molecule has 0 amide bonds. The molecule has 9 heteroatoms. The zero-order valence-corrected chi connectivity index (χ0v) is 12.0. The van der Waals surface area contributed by atoms with Crippen LogP contribution in [0, 0.1) is 17.0 Å². The minimum Gasteiger partial charge on any atom is -0.334 e. The number of nitro groups is 1. The molecule has 1 aromatic heterocycles. The Hall–Kier alpha value is -2.26. The van der Waals surface area contributed by atoms with Gasteiger partial charge >= 0.3 is 5.69 Å². The largest absolute Gasteiger partial charge is 0.334 e. The van der Waals surface area contributed by atoms with Crippen molar-refractivity contribution in [2.75, 3.05) is 10.7 Å². The Morgan fingerprint density at radius 3 is 2.80 bits per heavy atom. The molecule has 0 radical (unpaired) electrons. The zero-order valence-electron chi connectivity index (χ0n) is 10.4. The molecule has 0 aliphatic carbocycles. The third-order valence-corrected chi connectivity index (χ3v) is 3.03. The van der Waals surface area contributed by atoms with E-state index in [1.807, 2.05) is 19.1 Å². The van der Waals surface area contributed by atoms with Gasteiger partial charge in [0.15, 0.2) is 0 Å². The van der Waals surface area contributed by atoms with Crippen molar-refractivity contribution >= 4 is 39.1 Å². The third-order valence-electron chi connectivity index (χ3n) is 2.54. The number of rotatable bonds is 4. The molecular formula is C11H11BrN6O2. The molecule has 1 heterocycles. The van der Waals surface area contributed by atoms with Gasteiger partial charge in [0.2, 0.25) is 11.8 Å². The van der Waals surface area contributed by atoms with Gasteiger partial charge in [-0.15, -0.1) is 0 Å². The van der Waals surface area contributed by atoms with Crippen molar-refractivity contribution in [1.82, 2.24) is 9.97 Å². The molecule has 0 aliphatic rings. The lowest BCUT2D eigenvalue weighted by Gasteiger charge is -2.10. The van der Waals surface area contributed by atoms with E-state index in [1.165, 1.54) is 0 Å². The molecule has 1 aromatic carbocycles. The molecule has 2 aromatic rings. The molecule has 2 rings (SSSR count). The molecule has 0 aliphatic heterocycles. The van der Waals surface area contributed by atoms with Crippen LogP contribution in [0.25, 0.3) is 0 Å². The van der Waals surface area contributed by atoms with Crippen molar-refractivity contribution in [3.8, 4) is 0 Å². The van der Waals surface area contributed by atoms with Crippen molar-refractivity contribution in [3.05, 3.63) is 44.5 Å². The number of nitrogens with zero attached hydrogens (tertiary/aromatic N) is 3. The van der Waals surface area contributed by atoms with E-state index in [-0.39, 0.29) is 17.5 Å². The predicted molar refractivity (Wildman–Crippen MR) is 78.7 cm³/mol. The monoisotopic (exact) mass is 338 g/mol. The molecular weight excluding hydrogens is 328 g/mol. The topological polar surface area (TPSA) is 119 Å². The lowest BCUT2D eigenvalue weighted by Crippen LogP contribution is -2.12. The maximum Gasteiger partial charge on any atom is 0.329 e. The van der Waals surface area contributed by atoms with Gasteiger partial charge in [-0.25, -0.2) is 10.8 Å². The second-order valence-corrected chi connectivity index (χ2v) is 4.83. The van der Waals surface area contributed by atoms with E-state index in [0.717, 1.165) is 16.2 Å². The molecule has 4 N–H and O–H groups in total. The van der Waals surface area contributed by atoms with Gasteiger partial charge in [-0.2, -0.15) is 4.98 Å². The lowest BCUT2D eigenvalue weighted by atomic mass is 10.2. The smallest absolute Gasteiger partial charge is 0.329 e. The van der Waals surface area contributed by atoms with E-state index in [1.54, 1.807) is 6.07 Å². The molecule has 8 nitrogen and oxygen atoms in total. The van der Waals surface area contributed by atoms with Crippen LogP contribution in [0.4, 0.5) is 23.1 Å². The number of aromatic nitrogens is 2. The van der Waals surface area contributed by atoms with Gasteiger partial charge in [-0.1, -0.05) is 15.9 Å². The molecule has 0 bridgehead atoms. The fraction of sp³-hybridized carbons (Fsp3) is 0.0909. The summed E-state index contributed by atoms with van der Waals surface area (Å²) in [5.41, 5.74) is 3.64. The van der Waals surface area contributed by atoms with Gasteiger partial charge in [0.1, 0.15) is 6.20 Å². The highest BCUT2D eigenvalue weighted by Crippen LogP contribution is 2.28. The Labute approximate surface area is 122 Å². The number of nitrogens with two attached hydrogens (primary N) is 1. The standard InChI is InChI=1S/C11H11BrN6O2/c1-6-4-7(12)2-3-8(6)15-10-9(18(19)20)5-14-11(16-10)17-13/h2-5H,13H2,1H3,(H2,14,15,16,17). The van der Waals surface area contributed by atoms with E-state index in [0.29, 0.717) is 5.69 Å². The van der Waals surface area contributed by atoms with Gasteiger partial charge in [-0.05, 0) is 30.7 Å². The van der Waals surface area contributed by atoms with Crippen LogP contribution >= 0.6 is 15.9 Å². The van der Waals surface area contributed by atoms with Crippen LogP contribution in [0.2, 0.25) is 0 Å². The summed E-state index contributed by atoms with van der Waals surface area (Å²) < 4.78 is 0.919. The van der Waals surface area contributed by atoms with Crippen LogP contribution in [0.5, 0.6) is 0 Å². The molecule has 0 spiro atoms. The summed E-state index contributed by atoms with van der Waals surface area (Å²) in [5, 5.41) is 13.9. The van der Waals surface area contributed by atoms with E-state index >= 15 is 0 Å². The lowest BCUT2D eigenvalue weighted by molar-refractivity contribution is -0.384. The fourth-order valence-electron chi connectivity index (χ4n) is 1.57. The first kappa shape index (κ1) is 14.2. The molecule has 0 unspecified atom stereocenters. The Bertz CT molecular complexity index is 663. The van der Waals surface area contributed by atoms with Crippen molar-refractivity contribution in [2.45, 2.75) is 6.92 Å². The Morgan fingerprint density at radius 2 is 2.20 bits per heavy atom. The molecule has 0 saturated heterocycles. The summed E-state index contributed by atoms with van der Waals surface area (Å²) in [6, 6.07) is 5.50. The first-order chi connectivity index (χ1) is 9.51. The van der Waals surface area contributed by atoms with Crippen LogP contribution in [-0.4, -0.2) is 14.9 Å². The molecule has 0 saturated carbocycles. The number of nitrogen functional groups attached to an aromatic ring is 1. The van der Waals surface area contributed by atoms with Crippen LogP contribution in [0.3, 0.4) is 0 Å². The number of hydrogen-bond donors (Lipinski definition) is 3. The maximum atomic E-state index is 11.0. The van der Waals surface area contributed by atoms with Crippen molar-refractivity contribution in [3.63, 3.8) is 0 Å². The van der Waals surface area contributed by atoms with Crippen LogP contribution in [0.1, 0.15) is 5.56 Å². The van der Waals surface area contributed by atoms with E-state index in [4.69, 9.17) is 5.84 Å². The molecule has 0 atom stereocenters. The summed E-state index contributed by atoms with van der Waals surface area (Å²) in [4.78, 5) is 18.1. The Balaban J connectivity index is 2.43. The van der Waals surface area contributed by atoms with Crippen LogP contribution in [0.15, 0.2) is 28.9 Å². The van der Waals surface area contributed by atoms with Crippen LogP contribution in [-0.2, 0) is 0 Å². The van der Waals surface area contributed by atoms with Crippen LogP contribution < -0.4 is 16.6 Å².